The van der Waals surface area contributed by atoms with Gasteiger partial charge in [0.25, 0.3) is 0 Å². The highest BCUT2D eigenvalue weighted by molar-refractivity contribution is 4.94. The van der Waals surface area contributed by atoms with E-state index in [1.54, 1.807) is 0 Å². The molecule has 0 aliphatic carbocycles. The summed E-state index contributed by atoms with van der Waals surface area (Å²) in [6, 6.07) is 0. The fourth-order valence-corrected chi connectivity index (χ4v) is 0.818. The topological polar surface area (TPSA) is 0 Å². The van der Waals surface area contributed by atoms with E-state index >= 15 is 0 Å². The van der Waals surface area contributed by atoms with Crippen molar-refractivity contribution in [2.24, 2.45) is 5.92 Å². The van der Waals surface area contributed by atoms with Crippen LogP contribution in [0.4, 0.5) is 0 Å². The lowest BCUT2D eigenvalue weighted by atomic mass is 10.0. The van der Waals surface area contributed by atoms with Gasteiger partial charge in [0.1, 0.15) is 0 Å². The van der Waals surface area contributed by atoms with Crippen molar-refractivity contribution in [3.8, 4) is 0 Å². The van der Waals surface area contributed by atoms with Gasteiger partial charge in [-0.3, -0.25) is 0 Å². The van der Waals surface area contributed by atoms with Crippen molar-refractivity contribution in [1.29, 1.82) is 0 Å². The molecule has 0 rings (SSSR count). The molecule has 0 aromatic carbocycles. The van der Waals surface area contributed by atoms with Gasteiger partial charge in [-0.05, 0) is 32.6 Å². The van der Waals surface area contributed by atoms with E-state index in [0.717, 1.165) is 12.3 Å². The van der Waals surface area contributed by atoms with Gasteiger partial charge in [0.15, 0.2) is 0 Å². The molecule has 1 unspecified atom stereocenters. The number of hydrogen-bond donors (Lipinski definition) is 0. The van der Waals surface area contributed by atoms with E-state index in [0.29, 0.717) is 0 Å². The third-order valence-electron chi connectivity index (χ3n) is 1.50. The van der Waals surface area contributed by atoms with E-state index in [4.69, 9.17) is 0 Å². The SMILES string of the molecule is C=CCC(C)CC=C(C)C. The van der Waals surface area contributed by atoms with Crippen molar-refractivity contribution < 1.29 is 0 Å². The highest BCUT2D eigenvalue weighted by atomic mass is 14.0. The molecule has 0 heterocycles. The minimum Gasteiger partial charge on any atom is -0.103 e. The van der Waals surface area contributed by atoms with Crippen LogP contribution in [0, 0.1) is 5.92 Å². The maximum absolute atomic E-state index is 3.71. The van der Waals surface area contributed by atoms with Crippen LogP contribution in [0.2, 0.25) is 0 Å². The summed E-state index contributed by atoms with van der Waals surface area (Å²) in [4.78, 5) is 0. The van der Waals surface area contributed by atoms with Gasteiger partial charge < -0.3 is 0 Å². The van der Waals surface area contributed by atoms with Gasteiger partial charge in [0.2, 0.25) is 0 Å². The van der Waals surface area contributed by atoms with Gasteiger partial charge in [-0.25, -0.2) is 0 Å². The third kappa shape index (κ3) is 5.61. The standard InChI is InChI=1S/C10H18/c1-5-6-10(4)8-7-9(2)3/h5,7,10H,1,6,8H2,2-4H3. The normalized spacial score (nSPS) is 12.3. The molecular formula is C10H18. The largest absolute Gasteiger partial charge is 0.103 e. The summed E-state index contributed by atoms with van der Waals surface area (Å²) in [7, 11) is 0. The molecule has 0 saturated heterocycles. The Morgan fingerprint density at radius 3 is 2.40 bits per heavy atom. The number of allylic oxidation sites excluding steroid dienone is 3. The molecule has 0 spiro atoms. The van der Waals surface area contributed by atoms with E-state index < -0.39 is 0 Å². The summed E-state index contributed by atoms with van der Waals surface area (Å²) in [6.07, 6.45) is 6.59. The van der Waals surface area contributed by atoms with Crippen molar-refractivity contribution in [3.05, 3.63) is 24.3 Å². The summed E-state index contributed by atoms with van der Waals surface area (Å²) in [5.41, 5.74) is 1.41. The first-order valence-corrected chi connectivity index (χ1v) is 3.91. The maximum atomic E-state index is 3.71. The molecule has 10 heavy (non-hydrogen) atoms. The van der Waals surface area contributed by atoms with Crippen LogP contribution in [0.5, 0.6) is 0 Å². The molecule has 0 nitrogen and oxygen atoms in total. The molecule has 0 radical (unpaired) electrons. The Bertz CT molecular complexity index is 116. The van der Waals surface area contributed by atoms with Crippen LogP contribution in [0.15, 0.2) is 24.3 Å². The fourth-order valence-electron chi connectivity index (χ4n) is 0.818. The summed E-state index contributed by atoms with van der Waals surface area (Å²) < 4.78 is 0. The summed E-state index contributed by atoms with van der Waals surface area (Å²) >= 11 is 0. The van der Waals surface area contributed by atoms with Gasteiger partial charge in [-0.1, -0.05) is 24.6 Å². The van der Waals surface area contributed by atoms with Gasteiger partial charge in [0, 0.05) is 0 Å². The quantitative estimate of drug-likeness (QED) is 0.521. The molecule has 0 aromatic rings. The van der Waals surface area contributed by atoms with Crippen LogP contribution in [0.3, 0.4) is 0 Å². The van der Waals surface area contributed by atoms with Gasteiger partial charge >= 0.3 is 0 Å². The zero-order valence-corrected chi connectivity index (χ0v) is 7.35. The molecule has 0 fully saturated rings. The highest BCUT2D eigenvalue weighted by Crippen LogP contribution is 2.09. The van der Waals surface area contributed by atoms with Crippen molar-refractivity contribution in [2.75, 3.05) is 0 Å². The van der Waals surface area contributed by atoms with E-state index in [2.05, 4.69) is 33.4 Å². The minimum absolute atomic E-state index is 0.757. The second kappa shape index (κ2) is 5.28. The first-order chi connectivity index (χ1) is 4.66. The molecule has 0 saturated carbocycles. The van der Waals surface area contributed by atoms with E-state index in [1.165, 1.54) is 12.0 Å². The lowest BCUT2D eigenvalue weighted by Gasteiger charge is -2.03. The molecule has 58 valence electrons. The Kier molecular flexibility index (Phi) is 5.00. The van der Waals surface area contributed by atoms with E-state index in [9.17, 15) is 0 Å². The average Bonchev–Trinajstić information content (AvgIpc) is 1.85. The summed E-state index contributed by atoms with van der Waals surface area (Å²) in [5, 5.41) is 0. The molecule has 0 bridgehead atoms. The second-order valence-electron chi connectivity index (χ2n) is 3.15. The van der Waals surface area contributed by atoms with Crippen LogP contribution < -0.4 is 0 Å². The Morgan fingerprint density at radius 1 is 1.40 bits per heavy atom. The Hall–Kier alpha value is -0.520. The molecule has 0 N–H and O–H groups in total. The van der Waals surface area contributed by atoms with Crippen LogP contribution in [-0.4, -0.2) is 0 Å². The molecule has 0 aliphatic rings. The molecule has 1 atom stereocenters. The van der Waals surface area contributed by atoms with Gasteiger partial charge in [0.05, 0.1) is 0 Å². The first-order valence-electron chi connectivity index (χ1n) is 3.91. The lowest BCUT2D eigenvalue weighted by molar-refractivity contribution is 0.602. The molecular weight excluding hydrogens is 120 g/mol. The third-order valence-corrected chi connectivity index (χ3v) is 1.50. The van der Waals surface area contributed by atoms with Crippen molar-refractivity contribution in [1.82, 2.24) is 0 Å². The second-order valence-corrected chi connectivity index (χ2v) is 3.15. The maximum Gasteiger partial charge on any atom is -0.0319 e. The Morgan fingerprint density at radius 2 is 2.00 bits per heavy atom. The first kappa shape index (κ1) is 9.48. The lowest BCUT2D eigenvalue weighted by Crippen LogP contribution is -1.89. The Labute approximate surface area is 64.6 Å². The number of hydrogen-bond acceptors (Lipinski definition) is 0. The van der Waals surface area contributed by atoms with E-state index in [1.807, 2.05) is 6.08 Å². The zero-order chi connectivity index (χ0) is 7.98. The predicted octanol–water partition coefficient (Wildman–Crippen LogP) is 3.55. The summed E-state index contributed by atoms with van der Waals surface area (Å²) in [6.45, 7) is 10.2. The smallest absolute Gasteiger partial charge is 0.0319 e. The number of rotatable bonds is 4. The van der Waals surface area contributed by atoms with Crippen LogP contribution >= 0.6 is 0 Å². The van der Waals surface area contributed by atoms with Gasteiger partial charge in [-0.15, -0.1) is 6.58 Å². The molecule has 0 aromatic heterocycles. The molecule has 0 heteroatoms. The molecule has 0 aliphatic heterocycles. The van der Waals surface area contributed by atoms with Crippen LogP contribution in [-0.2, 0) is 0 Å². The van der Waals surface area contributed by atoms with Crippen molar-refractivity contribution >= 4 is 0 Å². The van der Waals surface area contributed by atoms with Crippen LogP contribution in [0.25, 0.3) is 0 Å². The van der Waals surface area contributed by atoms with Crippen molar-refractivity contribution in [3.63, 3.8) is 0 Å². The highest BCUT2D eigenvalue weighted by Gasteiger charge is 1.94. The Balaban J connectivity index is 3.48. The van der Waals surface area contributed by atoms with Crippen molar-refractivity contribution in [2.45, 2.75) is 33.6 Å². The van der Waals surface area contributed by atoms with Gasteiger partial charge in [-0.2, -0.15) is 0 Å². The van der Waals surface area contributed by atoms with Crippen LogP contribution in [0.1, 0.15) is 33.6 Å². The monoisotopic (exact) mass is 138 g/mol. The zero-order valence-electron chi connectivity index (χ0n) is 7.35. The minimum atomic E-state index is 0.757. The summed E-state index contributed by atoms with van der Waals surface area (Å²) in [5.74, 6) is 0.757. The fraction of sp³-hybridized carbons (Fsp3) is 0.600. The predicted molar refractivity (Wildman–Crippen MR) is 48.0 cm³/mol. The van der Waals surface area contributed by atoms with E-state index in [-0.39, 0.29) is 0 Å². The average molecular weight is 138 g/mol. The molecule has 0 amide bonds.